The zero-order chi connectivity index (χ0) is 5.98. The molecule has 0 aliphatic carbocycles. The summed E-state index contributed by atoms with van der Waals surface area (Å²) in [5.41, 5.74) is 1.24. The number of hydrogen-bond donors (Lipinski definition) is 0. The average Bonchev–Trinajstić information content (AvgIpc) is 1.77. The fraction of sp³-hybridized carbons (Fsp3) is 0.500. The summed E-state index contributed by atoms with van der Waals surface area (Å²) < 4.78 is 0.637. The lowest BCUT2D eigenvalue weighted by molar-refractivity contribution is 1.10. The number of alkyl halides is 1. The summed E-state index contributed by atoms with van der Waals surface area (Å²) in [7, 11) is 0. The van der Waals surface area contributed by atoms with E-state index in [0.29, 0.717) is 3.92 Å². The van der Waals surface area contributed by atoms with E-state index in [2.05, 4.69) is 40.6 Å². The lowest BCUT2D eigenvalue weighted by Crippen LogP contribution is -2.10. The van der Waals surface area contributed by atoms with Crippen LogP contribution in [0.1, 0.15) is 13.3 Å². The Labute approximate surface area is 63.0 Å². The maximum absolute atomic E-state index is 4.14. The van der Waals surface area contributed by atoms with Crippen molar-refractivity contribution in [3.63, 3.8) is 0 Å². The predicted molar refractivity (Wildman–Crippen MR) is 44.7 cm³/mol. The van der Waals surface area contributed by atoms with E-state index >= 15 is 0 Å². The van der Waals surface area contributed by atoms with Gasteiger partial charge in [0.25, 0.3) is 0 Å². The van der Waals surface area contributed by atoms with Gasteiger partial charge < -0.3 is 0 Å². The van der Waals surface area contributed by atoms with E-state index in [1.807, 2.05) is 6.20 Å². The van der Waals surface area contributed by atoms with Crippen LogP contribution in [0.4, 0.5) is 0 Å². The zero-order valence-electron chi connectivity index (χ0n) is 4.76. The molecule has 1 aliphatic heterocycles. The molecule has 0 saturated heterocycles. The summed E-state index contributed by atoms with van der Waals surface area (Å²) in [6.45, 7) is 2.07. The van der Waals surface area contributed by atoms with E-state index in [9.17, 15) is 0 Å². The zero-order valence-corrected chi connectivity index (χ0v) is 6.92. The van der Waals surface area contributed by atoms with Gasteiger partial charge in [-0.2, -0.15) is 0 Å². The summed E-state index contributed by atoms with van der Waals surface area (Å²) in [6.07, 6.45) is 5.13. The molecule has 8 heavy (non-hydrogen) atoms. The lowest BCUT2D eigenvalue weighted by atomic mass is 10.2. The summed E-state index contributed by atoms with van der Waals surface area (Å²) >= 11 is 2.40. The maximum atomic E-state index is 4.14. The summed E-state index contributed by atoms with van der Waals surface area (Å²) in [4.78, 5) is 4.14. The molecule has 1 unspecified atom stereocenters. The third kappa shape index (κ3) is 1.31. The Morgan fingerprint density at radius 3 is 3.00 bits per heavy atom. The highest BCUT2D eigenvalue weighted by Gasteiger charge is 2.06. The number of rotatable bonds is 0. The Bertz CT molecular complexity index is 137. The molecule has 2 heteroatoms. The van der Waals surface area contributed by atoms with Crippen molar-refractivity contribution < 1.29 is 0 Å². The summed E-state index contributed by atoms with van der Waals surface area (Å²) in [5, 5.41) is 0. The normalized spacial score (nSPS) is 27.8. The summed E-state index contributed by atoms with van der Waals surface area (Å²) in [5.74, 6) is 0. The molecule has 0 saturated carbocycles. The first kappa shape index (κ1) is 6.26. The second-order valence-corrected chi connectivity index (χ2v) is 3.36. The van der Waals surface area contributed by atoms with Gasteiger partial charge in [0.2, 0.25) is 0 Å². The Hall–Kier alpha value is 0.140. The van der Waals surface area contributed by atoms with Crippen molar-refractivity contribution in [1.82, 2.24) is 0 Å². The van der Waals surface area contributed by atoms with Crippen LogP contribution < -0.4 is 0 Å². The van der Waals surface area contributed by atoms with E-state index in [0.717, 1.165) is 6.42 Å². The number of aliphatic imine (C=N–C) groups is 1. The fourth-order valence-corrected chi connectivity index (χ4v) is 1.06. The molecule has 0 N–H and O–H groups in total. The quantitative estimate of drug-likeness (QED) is 0.439. The SMILES string of the molecule is CC1=NC=CCC1I. The van der Waals surface area contributed by atoms with Gasteiger partial charge in [-0.15, -0.1) is 0 Å². The number of halogens is 1. The van der Waals surface area contributed by atoms with Gasteiger partial charge >= 0.3 is 0 Å². The van der Waals surface area contributed by atoms with Crippen molar-refractivity contribution in [2.45, 2.75) is 17.3 Å². The predicted octanol–water partition coefficient (Wildman–Crippen LogP) is 2.17. The van der Waals surface area contributed by atoms with Crippen LogP contribution in [0.3, 0.4) is 0 Å². The van der Waals surface area contributed by atoms with E-state index < -0.39 is 0 Å². The van der Waals surface area contributed by atoms with E-state index in [4.69, 9.17) is 0 Å². The third-order valence-corrected chi connectivity index (χ3v) is 2.59. The third-order valence-electron chi connectivity index (χ3n) is 1.18. The first-order chi connectivity index (χ1) is 3.80. The molecule has 1 atom stereocenters. The molecule has 0 aromatic rings. The molecule has 0 spiro atoms. The molecule has 1 nitrogen and oxygen atoms in total. The Balaban J connectivity index is 2.66. The molecule has 0 aromatic carbocycles. The van der Waals surface area contributed by atoms with Crippen LogP contribution in [0.15, 0.2) is 17.3 Å². The van der Waals surface area contributed by atoms with Crippen LogP contribution in [-0.2, 0) is 0 Å². The average molecular weight is 221 g/mol. The van der Waals surface area contributed by atoms with Gasteiger partial charge in [0.1, 0.15) is 0 Å². The van der Waals surface area contributed by atoms with Crippen LogP contribution in [0.2, 0.25) is 0 Å². The van der Waals surface area contributed by atoms with Crippen molar-refractivity contribution in [1.29, 1.82) is 0 Å². The van der Waals surface area contributed by atoms with Crippen molar-refractivity contribution >= 4 is 28.3 Å². The Morgan fingerprint density at radius 2 is 2.62 bits per heavy atom. The Kier molecular flexibility index (Phi) is 2.05. The van der Waals surface area contributed by atoms with E-state index in [1.165, 1.54) is 5.71 Å². The molecule has 1 heterocycles. The Morgan fingerprint density at radius 1 is 1.88 bits per heavy atom. The van der Waals surface area contributed by atoms with Crippen LogP contribution in [0.5, 0.6) is 0 Å². The molecule has 0 amide bonds. The molecule has 44 valence electrons. The van der Waals surface area contributed by atoms with Crippen LogP contribution in [-0.4, -0.2) is 9.64 Å². The van der Waals surface area contributed by atoms with Crippen molar-refractivity contribution in [2.24, 2.45) is 4.99 Å². The van der Waals surface area contributed by atoms with Crippen LogP contribution >= 0.6 is 22.6 Å². The molecule has 0 radical (unpaired) electrons. The minimum absolute atomic E-state index is 0.637. The van der Waals surface area contributed by atoms with Gasteiger partial charge in [-0.1, -0.05) is 28.7 Å². The fourth-order valence-electron chi connectivity index (χ4n) is 0.602. The molecule has 1 aliphatic rings. The van der Waals surface area contributed by atoms with Crippen molar-refractivity contribution in [3.8, 4) is 0 Å². The minimum Gasteiger partial charge on any atom is -0.265 e. The van der Waals surface area contributed by atoms with Crippen LogP contribution in [0.25, 0.3) is 0 Å². The van der Waals surface area contributed by atoms with Gasteiger partial charge in [-0.05, 0) is 13.3 Å². The summed E-state index contributed by atoms with van der Waals surface area (Å²) in [6, 6.07) is 0. The van der Waals surface area contributed by atoms with Crippen molar-refractivity contribution in [3.05, 3.63) is 12.3 Å². The van der Waals surface area contributed by atoms with E-state index in [1.54, 1.807) is 0 Å². The van der Waals surface area contributed by atoms with Crippen molar-refractivity contribution in [2.75, 3.05) is 0 Å². The largest absolute Gasteiger partial charge is 0.265 e. The van der Waals surface area contributed by atoms with Gasteiger partial charge in [0.15, 0.2) is 0 Å². The molecule has 1 rings (SSSR count). The highest BCUT2D eigenvalue weighted by molar-refractivity contribution is 14.1. The molecule has 0 aromatic heterocycles. The highest BCUT2D eigenvalue weighted by atomic mass is 127. The second kappa shape index (κ2) is 2.62. The number of nitrogens with zero attached hydrogens (tertiary/aromatic N) is 1. The molecular weight excluding hydrogens is 213 g/mol. The molecule has 0 fully saturated rings. The standard InChI is InChI=1S/C6H8IN/c1-5-6(7)3-2-4-8-5/h2,4,6H,3H2,1H3. The lowest BCUT2D eigenvalue weighted by Gasteiger charge is -2.07. The minimum atomic E-state index is 0.637. The van der Waals surface area contributed by atoms with Gasteiger partial charge in [-0.3, -0.25) is 4.99 Å². The van der Waals surface area contributed by atoms with E-state index in [-0.39, 0.29) is 0 Å². The smallest absolute Gasteiger partial charge is 0.0525 e. The second-order valence-electron chi connectivity index (χ2n) is 1.86. The van der Waals surface area contributed by atoms with Gasteiger partial charge in [0.05, 0.1) is 3.92 Å². The number of allylic oxidation sites excluding steroid dienone is 1. The number of hydrogen-bond acceptors (Lipinski definition) is 1. The highest BCUT2D eigenvalue weighted by Crippen LogP contribution is 2.12. The maximum Gasteiger partial charge on any atom is 0.0525 e. The topological polar surface area (TPSA) is 12.4 Å². The monoisotopic (exact) mass is 221 g/mol. The van der Waals surface area contributed by atoms with Gasteiger partial charge in [-0.25, -0.2) is 0 Å². The molecular formula is C6H8IN. The molecule has 0 bridgehead atoms. The first-order valence-electron chi connectivity index (χ1n) is 2.64. The van der Waals surface area contributed by atoms with Gasteiger partial charge in [0, 0.05) is 11.9 Å². The first-order valence-corrected chi connectivity index (χ1v) is 3.88. The van der Waals surface area contributed by atoms with Crippen LogP contribution in [0, 0.1) is 0 Å².